The molecule has 1 aromatic heterocycles. The Morgan fingerprint density at radius 3 is 1.40 bits per heavy atom. The molecule has 0 spiro atoms. The van der Waals surface area contributed by atoms with Gasteiger partial charge in [0, 0.05) is 12.4 Å². The monoisotopic (exact) mass is 211 g/mol. The van der Waals surface area contributed by atoms with E-state index in [9.17, 15) is 0 Å². The Morgan fingerprint density at radius 2 is 1.30 bits per heavy atom. The summed E-state index contributed by atoms with van der Waals surface area (Å²) in [6.45, 7) is 0. The van der Waals surface area contributed by atoms with Crippen LogP contribution in [-0.4, -0.2) is 15.5 Å². The van der Waals surface area contributed by atoms with Crippen LogP contribution in [0.1, 0.15) is 0 Å². The molecule has 1 aromatic rings. The van der Waals surface area contributed by atoms with Gasteiger partial charge in [0.1, 0.15) is 0 Å². The maximum absolute atomic E-state index is 6.00. The predicted octanol–water partition coefficient (Wildman–Crippen LogP) is -1.90. The first kappa shape index (κ1) is 16.5. The predicted molar refractivity (Wildman–Crippen MR) is 29.5 cm³/mol. The first-order valence-electron chi connectivity index (χ1n) is 2.05. The van der Waals surface area contributed by atoms with Crippen LogP contribution >= 0.6 is 0 Å². The Labute approximate surface area is 75.9 Å². The van der Waals surface area contributed by atoms with Gasteiger partial charge in [0.2, 0.25) is 0 Å². The molecular formula is C5H7ClCuNO2. The van der Waals surface area contributed by atoms with Crippen molar-refractivity contribution in [2.75, 3.05) is 0 Å². The van der Waals surface area contributed by atoms with E-state index in [2.05, 4.69) is 4.98 Å². The van der Waals surface area contributed by atoms with Crippen LogP contribution in [0.15, 0.2) is 30.6 Å². The second-order valence-corrected chi connectivity index (χ2v) is 1.02. The second kappa shape index (κ2) is 15.9. The average molecular weight is 212 g/mol. The molecule has 1 rings (SSSR count). The van der Waals surface area contributed by atoms with Gasteiger partial charge in [-0.1, -0.05) is 6.07 Å². The van der Waals surface area contributed by atoms with E-state index in [0.29, 0.717) is 0 Å². The zero-order valence-electron chi connectivity index (χ0n) is 4.91. The number of pyridine rings is 1. The van der Waals surface area contributed by atoms with Crippen molar-refractivity contribution >= 4 is 0 Å². The van der Waals surface area contributed by atoms with Crippen molar-refractivity contribution in [2.24, 2.45) is 0 Å². The zero-order chi connectivity index (χ0) is 6.24. The normalized spacial score (nSPS) is 5.40. The molecule has 5 heteroatoms. The molecule has 0 fully saturated rings. The summed E-state index contributed by atoms with van der Waals surface area (Å²) in [7, 11) is 0. The fraction of sp³-hybridized carbons (Fsp3) is 0. The minimum atomic E-state index is 0. The molecule has 10 heavy (non-hydrogen) atoms. The molecule has 0 aliphatic heterocycles. The van der Waals surface area contributed by atoms with Crippen molar-refractivity contribution < 1.29 is 40.0 Å². The quantitative estimate of drug-likeness (QED) is 0.300. The molecule has 0 aromatic carbocycles. The number of hydrogen-bond donors (Lipinski definition) is 2. The van der Waals surface area contributed by atoms with E-state index in [-0.39, 0.29) is 29.5 Å². The molecule has 0 unspecified atom stereocenters. The van der Waals surface area contributed by atoms with E-state index in [1.54, 1.807) is 12.4 Å². The van der Waals surface area contributed by atoms with Gasteiger partial charge < -0.3 is 12.4 Å². The van der Waals surface area contributed by atoms with Gasteiger partial charge in [0.15, 0.2) is 0 Å². The van der Waals surface area contributed by atoms with Gasteiger partial charge in [0.05, 0.1) is 0 Å². The molecule has 0 atom stereocenters. The van der Waals surface area contributed by atoms with Gasteiger partial charge in [-0.3, -0.25) is 15.5 Å². The van der Waals surface area contributed by atoms with Crippen LogP contribution in [0.2, 0.25) is 0 Å². The van der Waals surface area contributed by atoms with E-state index < -0.39 is 0 Å². The Balaban J connectivity index is -0.000000114. The fourth-order valence-corrected chi connectivity index (χ4v) is 0.313. The van der Waals surface area contributed by atoms with Crippen LogP contribution in [0.3, 0.4) is 0 Å². The number of hydrogen-bond acceptors (Lipinski definition) is 3. The van der Waals surface area contributed by atoms with Gasteiger partial charge in [-0.05, 0) is 12.1 Å². The SMILES string of the molecule is OO.[Cl-].[Cu+].c1ccncc1. The third-order valence-corrected chi connectivity index (χ3v) is 0.566. The molecule has 0 aliphatic rings. The fourth-order valence-electron chi connectivity index (χ4n) is 0.313. The largest absolute Gasteiger partial charge is 1.00 e. The second-order valence-electron chi connectivity index (χ2n) is 1.02. The smallest absolute Gasteiger partial charge is 1.00 e. The van der Waals surface area contributed by atoms with E-state index in [1.165, 1.54) is 0 Å². The minimum absolute atomic E-state index is 0. The van der Waals surface area contributed by atoms with Crippen LogP contribution in [-0.2, 0) is 17.1 Å². The molecule has 62 valence electrons. The standard InChI is InChI=1S/C5H5N.ClH.Cu.H2O2/c1-2-4-6-5-3-1;;;1-2/h1-5H;1H;;1-2H/q;;+1;/p-1. The number of aromatic nitrogens is 1. The minimum Gasteiger partial charge on any atom is -1.00 e. The van der Waals surface area contributed by atoms with E-state index in [0.717, 1.165) is 0 Å². The summed E-state index contributed by atoms with van der Waals surface area (Å²) in [5.41, 5.74) is 0. The third kappa shape index (κ3) is 10.8. The summed E-state index contributed by atoms with van der Waals surface area (Å²) in [5, 5.41) is 12.0. The van der Waals surface area contributed by atoms with E-state index in [1.807, 2.05) is 18.2 Å². The summed E-state index contributed by atoms with van der Waals surface area (Å²) in [6, 6.07) is 5.72. The van der Waals surface area contributed by atoms with Gasteiger partial charge in [-0.2, -0.15) is 0 Å². The maximum atomic E-state index is 6.00. The van der Waals surface area contributed by atoms with Crippen molar-refractivity contribution in [1.29, 1.82) is 0 Å². The molecule has 0 radical (unpaired) electrons. The molecule has 3 nitrogen and oxygen atoms in total. The Bertz CT molecular complexity index is 91.6. The van der Waals surface area contributed by atoms with Crippen molar-refractivity contribution in [3.8, 4) is 0 Å². The van der Waals surface area contributed by atoms with Crippen molar-refractivity contribution in [2.45, 2.75) is 0 Å². The van der Waals surface area contributed by atoms with Gasteiger partial charge >= 0.3 is 17.1 Å². The first-order chi connectivity index (χ1) is 4.00. The molecule has 0 bridgehead atoms. The molecule has 2 N–H and O–H groups in total. The van der Waals surface area contributed by atoms with Gasteiger partial charge in [0.25, 0.3) is 0 Å². The molecule has 0 aliphatic carbocycles. The summed E-state index contributed by atoms with van der Waals surface area (Å²) in [4.78, 5) is 3.78. The van der Waals surface area contributed by atoms with E-state index >= 15 is 0 Å². The van der Waals surface area contributed by atoms with Crippen molar-refractivity contribution in [3.63, 3.8) is 0 Å². The molecule has 0 saturated carbocycles. The maximum Gasteiger partial charge on any atom is 1.00 e. The first-order valence-corrected chi connectivity index (χ1v) is 2.05. The topological polar surface area (TPSA) is 53.4 Å². The summed E-state index contributed by atoms with van der Waals surface area (Å²) in [5.74, 6) is 0. The average Bonchev–Trinajstić information content (AvgIpc) is 1.96. The summed E-state index contributed by atoms with van der Waals surface area (Å²) in [6.07, 6.45) is 3.50. The van der Waals surface area contributed by atoms with Crippen LogP contribution in [0.25, 0.3) is 0 Å². The Hall–Kier alpha value is -0.121. The number of rotatable bonds is 0. The van der Waals surface area contributed by atoms with Crippen LogP contribution in [0, 0.1) is 0 Å². The number of nitrogens with zero attached hydrogens (tertiary/aromatic N) is 1. The van der Waals surface area contributed by atoms with Gasteiger partial charge in [-0.25, -0.2) is 0 Å². The van der Waals surface area contributed by atoms with Crippen molar-refractivity contribution in [1.82, 2.24) is 4.98 Å². The molecule has 0 saturated heterocycles. The van der Waals surface area contributed by atoms with Gasteiger partial charge in [-0.15, -0.1) is 0 Å². The van der Waals surface area contributed by atoms with Crippen molar-refractivity contribution in [3.05, 3.63) is 30.6 Å². The van der Waals surface area contributed by atoms with E-state index in [4.69, 9.17) is 10.5 Å². The Morgan fingerprint density at radius 1 is 0.900 bits per heavy atom. The molecular weight excluding hydrogens is 205 g/mol. The number of halogens is 1. The molecule has 0 amide bonds. The summed E-state index contributed by atoms with van der Waals surface area (Å²) < 4.78 is 0. The summed E-state index contributed by atoms with van der Waals surface area (Å²) >= 11 is 0. The zero-order valence-corrected chi connectivity index (χ0v) is 6.61. The Kier molecular flexibility index (Phi) is 26.2. The third-order valence-electron chi connectivity index (χ3n) is 0.566. The van der Waals surface area contributed by atoms with Crippen LogP contribution in [0.4, 0.5) is 0 Å². The van der Waals surface area contributed by atoms with Crippen LogP contribution < -0.4 is 12.4 Å². The molecule has 1 heterocycles. The van der Waals surface area contributed by atoms with Crippen LogP contribution in [0.5, 0.6) is 0 Å².